The van der Waals surface area contributed by atoms with E-state index in [0.717, 1.165) is 25.7 Å². The molecule has 1 aromatic heterocycles. The zero-order chi connectivity index (χ0) is 11.4. The van der Waals surface area contributed by atoms with Gasteiger partial charge < -0.3 is 5.32 Å². The quantitative estimate of drug-likeness (QED) is 0.808. The minimum atomic E-state index is 0.0504. The summed E-state index contributed by atoms with van der Waals surface area (Å²) < 4.78 is 0. The molecule has 1 saturated carbocycles. The number of carbonyl (C=O) groups excluding carboxylic acids is 1. The maximum atomic E-state index is 11.9. The number of hydrogen-bond acceptors (Lipinski definition) is 3. The van der Waals surface area contributed by atoms with E-state index in [-0.39, 0.29) is 11.8 Å². The number of carbonyl (C=O) groups is 1. The topological polar surface area (TPSA) is 54.9 Å². The Bertz CT molecular complexity index is 377. The van der Waals surface area contributed by atoms with E-state index < -0.39 is 0 Å². The molecule has 1 aliphatic rings. The summed E-state index contributed by atoms with van der Waals surface area (Å²) in [6.45, 7) is 0. The second-order valence-corrected chi connectivity index (χ2v) is 4.44. The van der Waals surface area contributed by atoms with Gasteiger partial charge in [-0.1, -0.05) is 30.9 Å². The van der Waals surface area contributed by atoms with Crippen LogP contribution in [0.1, 0.15) is 32.1 Å². The van der Waals surface area contributed by atoms with Crippen LogP contribution in [0.25, 0.3) is 0 Å². The molecule has 5 heteroatoms. The van der Waals surface area contributed by atoms with Gasteiger partial charge in [-0.05, 0) is 12.8 Å². The minimum absolute atomic E-state index is 0.0504. The van der Waals surface area contributed by atoms with E-state index in [9.17, 15) is 4.79 Å². The minimum Gasteiger partial charge on any atom is -0.310 e. The molecule has 1 amide bonds. The molecular weight excluding hydrogens is 226 g/mol. The summed E-state index contributed by atoms with van der Waals surface area (Å²) >= 11 is 5.71. The second-order valence-electron chi connectivity index (χ2n) is 4.05. The molecule has 1 heterocycles. The third-order valence-corrected chi connectivity index (χ3v) is 3.07. The third-order valence-electron chi connectivity index (χ3n) is 2.86. The Kier molecular flexibility index (Phi) is 3.72. The van der Waals surface area contributed by atoms with Crippen molar-refractivity contribution in [2.24, 2.45) is 5.92 Å². The summed E-state index contributed by atoms with van der Waals surface area (Å²) in [6, 6.07) is 1.56. The highest BCUT2D eigenvalue weighted by atomic mass is 35.5. The molecule has 4 nitrogen and oxygen atoms in total. The highest BCUT2D eigenvalue weighted by molar-refractivity contribution is 6.29. The summed E-state index contributed by atoms with van der Waals surface area (Å²) in [4.78, 5) is 19.6. The van der Waals surface area contributed by atoms with Gasteiger partial charge >= 0.3 is 0 Å². The molecule has 1 fully saturated rings. The smallest absolute Gasteiger partial charge is 0.228 e. The molecule has 1 aliphatic carbocycles. The average Bonchev–Trinajstić information content (AvgIpc) is 2.30. The molecule has 86 valence electrons. The standard InChI is InChI=1S/C11H14ClN3O/c12-9-6-10(14-7-13-9)15-11(16)8-4-2-1-3-5-8/h6-8H,1-5H2,(H,13,14,15,16). The van der Waals surface area contributed by atoms with E-state index >= 15 is 0 Å². The van der Waals surface area contributed by atoms with Crippen LogP contribution in [0.2, 0.25) is 5.15 Å². The normalized spacial score (nSPS) is 17.1. The molecular formula is C11H14ClN3O. The van der Waals surface area contributed by atoms with Crippen LogP contribution in [0.15, 0.2) is 12.4 Å². The number of anilines is 1. The van der Waals surface area contributed by atoms with Gasteiger partial charge in [0.05, 0.1) is 0 Å². The van der Waals surface area contributed by atoms with Crippen LogP contribution in [0.5, 0.6) is 0 Å². The van der Waals surface area contributed by atoms with E-state index in [1.807, 2.05) is 0 Å². The first-order valence-corrected chi connectivity index (χ1v) is 5.92. The van der Waals surface area contributed by atoms with Crippen LogP contribution in [-0.2, 0) is 4.79 Å². The van der Waals surface area contributed by atoms with Crippen molar-refractivity contribution in [1.29, 1.82) is 0 Å². The van der Waals surface area contributed by atoms with Crippen molar-refractivity contribution in [2.75, 3.05) is 5.32 Å². The molecule has 0 spiro atoms. The number of nitrogens with one attached hydrogen (secondary N) is 1. The van der Waals surface area contributed by atoms with Gasteiger partial charge in [0.2, 0.25) is 5.91 Å². The van der Waals surface area contributed by atoms with E-state index in [2.05, 4.69) is 15.3 Å². The number of amides is 1. The van der Waals surface area contributed by atoms with Crippen molar-refractivity contribution in [3.8, 4) is 0 Å². The maximum absolute atomic E-state index is 11.9. The molecule has 0 bridgehead atoms. The molecule has 1 N–H and O–H groups in total. The van der Waals surface area contributed by atoms with Crippen molar-refractivity contribution in [2.45, 2.75) is 32.1 Å². The maximum Gasteiger partial charge on any atom is 0.228 e. The van der Waals surface area contributed by atoms with Gasteiger partial charge in [-0.15, -0.1) is 0 Å². The average molecular weight is 240 g/mol. The van der Waals surface area contributed by atoms with Crippen LogP contribution in [0.4, 0.5) is 5.82 Å². The molecule has 0 radical (unpaired) electrons. The Morgan fingerprint density at radius 2 is 2.06 bits per heavy atom. The third kappa shape index (κ3) is 2.92. The van der Waals surface area contributed by atoms with E-state index in [1.165, 1.54) is 12.7 Å². The van der Waals surface area contributed by atoms with Gasteiger partial charge in [0.1, 0.15) is 17.3 Å². The summed E-state index contributed by atoms with van der Waals surface area (Å²) in [5.74, 6) is 0.660. The van der Waals surface area contributed by atoms with Crippen molar-refractivity contribution in [3.05, 3.63) is 17.5 Å². The molecule has 2 rings (SSSR count). The lowest BCUT2D eigenvalue weighted by molar-refractivity contribution is -0.120. The Balaban J connectivity index is 1.96. The highest BCUT2D eigenvalue weighted by Crippen LogP contribution is 2.24. The van der Waals surface area contributed by atoms with Crippen LogP contribution in [0, 0.1) is 5.92 Å². The van der Waals surface area contributed by atoms with Gasteiger partial charge in [0, 0.05) is 12.0 Å². The summed E-state index contributed by atoms with van der Waals surface area (Å²) in [5.41, 5.74) is 0. The predicted molar refractivity (Wildman–Crippen MR) is 62.2 cm³/mol. The summed E-state index contributed by atoms with van der Waals surface area (Å²) in [7, 11) is 0. The van der Waals surface area contributed by atoms with E-state index in [1.54, 1.807) is 6.07 Å². The molecule has 1 aromatic rings. The molecule has 16 heavy (non-hydrogen) atoms. The van der Waals surface area contributed by atoms with Crippen LogP contribution >= 0.6 is 11.6 Å². The molecule has 0 atom stereocenters. The first-order chi connectivity index (χ1) is 7.75. The largest absolute Gasteiger partial charge is 0.310 e. The highest BCUT2D eigenvalue weighted by Gasteiger charge is 2.21. The van der Waals surface area contributed by atoms with Gasteiger partial charge in [-0.25, -0.2) is 9.97 Å². The van der Waals surface area contributed by atoms with Crippen molar-refractivity contribution in [1.82, 2.24) is 9.97 Å². The van der Waals surface area contributed by atoms with Crippen molar-refractivity contribution < 1.29 is 4.79 Å². The fourth-order valence-electron chi connectivity index (χ4n) is 2.00. The molecule has 0 saturated heterocycles. The zero-order valence-electron chi connectivity index (χ0n) is 8.95. The summed E-state index contributed by atoms with van der Waals surface area (Å²) in [5, 5.41) is 3.12. The lowest BCUT2D eigenvalue weighted by Gasteiger charge is -2.20. The summed E-state index contributed by atoms with van der Waals surface area (Å²) in [6.07, 6.45) is 6.82. The van der Waals surface area contributed by atoms with Crippen LogP contribution in [0.3, 0.4) is 0 Å². The monoisotopic (exact) mass is 239 g/mol. The predicted octanol–water partition coefficient (Wildman–Crippen LogP) is 2.65. The van der Waals surface area contributed by atoms with Gasteiger partial charge in [0.15, 0.2) is 0 Å². The number of hydrogen-bond donors (Lipinski definition) is 1. The van der Waals surface area contributed by atoms with E-state index in [4.69, 9.17) is 11.6 Å². The Hall–Kier alpha value is -1.16. The lowest BCUT2D eigenvalue weighted by Crippen LogP contribution is -2.25. The fourth-order valence-corrected chi connectivity index (χ4v) is 2.14. The number of halogens is 1. The number of aromatic nitrogens is 2. The molecule has 0 aromatic carbocycles. The van der Waals surface area contributed by atoms with Crippen LogP contribution in [-0.4, -0.2) is 15.9 Å². The Labute approximate surface area is 99.4 Å². The lowest BCUT2D eigenvalue weighted by atomic mass is 9.89. The van der Waals surface area contributed by atoms with Gasteiger partial charge in [0.25, 0.3) is 0 Å². The number of nitrogens with zero attached hydrogens (tertiary/aromatic N) is 2. The van der Waals surface area contributed by atoms with Gasteiger partial charge in [-0.3, -0.25) is 4.79 Å². The second kappa shape index (κ2) is 5.25. The molecule has 0 unspecified atom stereocenters. The fraction of sp³-hybridized carbons (Fsp3) is 0.545. The zero-order valence-corrected chi connectivity index (χ0v) is 9.70. The van der Waals surface area contributed by atoms with Gasteiger partial charge in [-0.2, -0.15) is 0 Å². The van der Waals surface area contributed by atoms with E-state index in [0.29, 0.717) is 11.0 Å². The van der Waals surface area contributed by atoms with Crippen molar-refractivity contribution >= 4 is 23.3 Å². The first-order valence-electron chi connectivity index (χ1n) is 5.54. The number of rotatable bonds is 2. The van der Waals surface area contributed by atoms with Crippen LogP contribution < -0.4 is 5.32 Å². The van der Waals surface area contributed by atoms with Crippen molar-refractivity contribution in [3.63, 3.8) is 0 Å². The SMILES string of the molecule is O=C(Nc1cc(Cl)ncn1)C1CCCCC1. The Morgan fingerprint density at radius 1 is 1.31 bits per heavy atom. The Morgan fingerprint density at radius 3 is 2.75 bits per heavy atom. The molecule has 0 aliphatic heterocycles. The first kappa shape index (κ1) is 11.3.